The molecule has 148 valence electrons. The molecule has 0 aliphatic rings. The third kappa shape index (κ3) is 3.74. The van der Waals surface area contributed by atoms with Gasteiger partial charge in [0.2, 0.25) is 0 Å². The van der Waals surface area contributed by atoms with Crippen LogP contribution in [0.1, 0.15) is 16.1 Å². The molecule has 8 nitrogen and oxygen atoms in total. The number of furan rings is 1. The minimum Gasteiger partial charge on any atom is -0.507 e. The minimum absolute atomic E-state index is 0.0737. The lowest BCUT2D eigenvalue weighted by Gasteiger charge is -2.05. The number of carbonyl (C=O) groups excluding carboxylic acids is 1. The van der Waals surface area contributed by atoms with Crippen LogP contribution in [-0.2, 0) is 0 Å². The van der Waals surface area contributed by atoms with E-state index in [4.69, 9.17) is 4.42 Å². The quantitative estimate of drug-likeness (QED) is 0.290. The summed E-state index contributed by atoms with van der Waals surface area (Å²) in [6.07, 6.45) is 1.27. The fourth-order valence-electron chi connectivity index (χ4n) is 3.03. The molecule has 30 heavy (non-hydrogen) atoms. The number of benzene rings is 3. The largest absolute Gasteiger partial charge is 0.507 e. The van der Waals surface area contributed by atoms with Gasteiger partial charge in [0.15, 0.2) is 0 Å². The number of hydrazone groups is 1. The molecule has 3 aromatic carbocycles. The van der Waals surface area contributed by atoms with Crippen LogP contribution in [0.4, 0.5) is 5.69 Å². The summed E-state index contributed by atoms with van der Waals surface area (Å²) in [4.78, 5) is 23.0. The van der Waals surface area contributed by atoms with Crippen LogP contribution in [0.3, 0.4) is 0 Å². The second-order valence-electron chi connectivity index (χ2n) is 6.39. The van der Waals surface area contributed by atoms with Gasteiger partial charge in [0.05, 0.1) is 22.3 Å². The number of amides is 1. The highest BCUT2D eigenvalue weighted by atomic mass is 16.6. The van der Waals surface area contributed by atoms with Gasteiger partial charge in [0, 0.05) is 6.07 Å². The Morgan fingerprint density at radius 3 is 2.50 bits per heavy atom. The Bertz CT molecular complexity index is 1290. The molecule has 2 N–H and O–H groups in total. The Balaban J connectivity index is 1.50. The second-order valence-corrected chi connectivity index (χ2v) is 6.39. The number of phenolic OH excluding ortho intramolecular Hbond substituents is 1. The molecular weight excluding hydrogens is 386 g/mol. The smallest absolute Gasteiger partial charge is 0.280 e. The topological polar surface area (TPSA) is 118 Å². The molecule has 0 bridgehead atoms. The van der Waals surface area contributed by atoms with Gasteiger partial charge in [-0.05, 0) is 41.1 Å². The van der Waals surface area contributed by atoms with Crippen molar-refractivity contribution in [1.82, 2.24) is 5.43 Å². The first-order valence-corrected chi connectivity index (χ1v) is 8.92. The van der Waals surface area contributed by atoms with Crippen molar-refractivity contribution < 1.29 is 19.2 Å². The molecule has 0 atom stereocenters. The Morgan fingerprint density at radius 2 is 1.73 bits per heavy atom. The number of hydrogen-bond donors (Lipinski definition) is 2. The van der Waals surface area contributed by atoms with E-state index in [-0.39, 0.29) is 17.0 Å². The first kappa shape index (κ1) is 18.9. The van der Waals surface area contributed by atoms with E-state index in [1.807, 2.05) is 24.3 Å². The van der Waals surface area contributed by atoms with Crippen LogP contribution in [0.5, 0.6) is 5.75 Å². The number of hydrogen-bond acceptors (Lipinski definition) is 6. The Labute approximate surface area is 170 Å². The zero-order valence-electron chi connectivity index (χ0n) is 15.5. The van der Waals surface area contributed by atoms with Crippen molar-refractivity contribution in [2.24, 2.45) is 5.10 Å². The molecule has 1 heterocycles. The molecule has 0 spiro atoms. The van der Waals surface area contributed by atoms with Crippen LogP contribution in [0.25, 0.3) is 22.1 Å². The van der Waals surface area contributed by atoms with E-state index in [1.165, 1.54) is 18.3 Å². The van der Waals surface area contributed by atoms with Crippen LogP contribution < -0.4 is 5.43 Å². The van der Waals surface area contributed by atoms with Crippen molar-refractivity contribution >= 4 is 28.6 Å². The number of nitro benzene ring substituents is 1. The SMILES string of the molecule is O=C(N/N=C\c1ccc(-c2ccccc2[N+](=O)[O-])o1)c1cc2ccccc2cc1O. The summed E-state index contributed by atoms with van der Waals surface area (Å²) in [5, 5.41) is 26.7. The highest BCUT2D eigenvalue weighted by Gasteiger charge is 2.17. The molecular formula is C22H15N3O5. The fraction of sp³-hybridized carbons (Fsp3) is 0. The molecule has 0 saturated heterocycles. The van der Waals surface area contributed by atoms with E-state index in [1.54, 1.807) is 36.4 Å². The molecule has 1 amide bonds. The number of nitrogens with one attached hydrogen (secondary N) is 1. The summed E-state index contributed by atoms with van der Waals surface area (Å²) in [5.74, 6) is -0.133. The van der Waals surface area contributed by atoms with Gasteiger partial charge in [0.1, 0.15) is 17.3 Å². The normalized spacial score (nSPS) is 11.1. The average molecular weight is 401 g/mol. The van der Waals surface area contributed by atoms with E-state index in [0.717, 1.165) is 10.8 Å². The molecule has 0 saturated carbocycles. The number of carbonyl (C=O) groups is 1. The van der Waals surface area contributed by atoms with E-state index < -0.39 is 10.8 Å². The Hall–Kier alpha value is -4.46. The highest BCUT2D eigenvalue weighted by molar-refractivity contribution is 6.01. The van der Waals surface area contributed by atoms with Gasteiger partial charge in [-0.25, -0.2) is 5.43 Å². The standard InChI is InChI=1S/C22H15N3O5/c26-20-12-15-6-2-1-5-14(15)11-18(20)22(27)24-23-13-16-9-10-21(30-16)17-7-3-4-8-19(17)25(28)29/h1-13,26H,(H,24,27)/b23-13-. The van der Waals surface area contributed by atoms with Crippen molar-refractivity contribution in [1.29, 1.82) is 0 Å². The van der Waals surface area contributed by atoms with E-state index in [2.05, 4.69) is 10.5 Å². The molecule has 0 fully saturated rings. The fourth-order valence-corrected chi connectivity index (χ4v) is 3.03. The van der Waals surface area contributed by atoms with Crippen molar-refractivity contribution in [2.75, 3.05) is 0 Å². The maximum absolute atomic E-state index is 12.4. The van der Waals surface area contributed by atoms with Gasteiger partial charge in [-0.1, -0.05) is 36.4 Å². The number of aromatic hydroxyl groups is 1. The molecule has 0 unspecified atom stereocenters. The van der Waals surface area contributed by atoms with Gasteiger partial charge in [-0.2, -0.15) is 5.10 Å². The van der Waals surface area contributed by atoms with Crippen LogP contribution >= 0.6 is 0 Å². The average Bonchev–Trinajstić information content (AvgIpc) is 3.22. The molecule has 4 aromatic rings. The van der Waals surface area contributed by atoms with Crippen molar-refractivity contribution in [2.45, 2.75) is 0 Å². The summed E-state index contributed by atoms with van der Waals surface area (Å²) >= 11 is 0. The molecule has 8 heteroatoms. The molecule has 0 aliphatic heterocycles. The number of rotatable bonds is 5. The summed E-state index contributed by atoms with van der Waals surface area (Å²) in [6, 6.07) is 19.8. The second kappa shape index (κ2) is 7.88. The van der Waals surface area contributed by atoms with E-state index >= 15 is 0 Å². The first-order valence-electron chi connectivity index (χ1n) is 8.92. The summed E-state index contributed by atoms with van der Waals surface area (Å²) in [5.41, 5.74) is 2.69. The maximum Gasteiger partial charge on any atom is 0.280 e. The maximum atomic E-state index is 12.4. The summed E-state index contributed by atoms with van der Waals surface area (Å²) in [6.45, 7) is 0. The van der Waals surface area contributed by atoms with Gasteiger partial charge < -0.3 is 9.52 Å². The Morgan fingerprint density at radius 1 is 1.03 bits per heavy atom. The van der Waals surface area contributed by atoms with Crippen molar-refractivity contribution in [3.05, 3.63) is 94.2 Å². The van der Waals surface area contributed by atoms with Crippen LogP contribution in [0, 0.1) is 10.1 Å². The van der Waals surface area contributed by atoms with Gasteiger partial charge in [-0.3, -0.25) is 14.9 Å². The van der Waals surface area contributed by atoms with Crippen LogP contribution in [0.2, 0.25) is 0 Å². The number of nitro groups is 1. The molecule has 0 aliphatic carbocycles. The predicted molar refractivity (Wildman–Crippen MR) is 111 cm³/mol. The minimum atomic E-state index is -0.583. The molecule has 1 aromatic heterocycles. The van der Waals surface area contributed by atoms with Crippen LogP contribution in [-0.4, -0.2) is 22.2 Å². The molecule has 0 radical (unpaired) electrons. The van der Waals surface area contributed by atoms with Gasteiger partial charge >= 0.3 is 0 Å². The van der Waals surface area contributed by atoms with Gasteiger partial charge in [-0.15, -0.1) is 0 Å². The monoisotopic (exact) mass is 401 g/mol. The lowest BCUT2D eigenvalue weighted by molar-refractivity contribution is -0.384. The number of nitrogens with zero attached hydrogens (tertiary/aromatic N) is 2. The van der Waals surface area contributed by atoms with Crippen molar-refractivity contribution in [3.63, 3.8) is 0 Å². The predicted octanol–water partition coefficient (Wildman–Crippen LogP) is 4.48. The Kier molecular flexibility index (Phi) is 4.96. The molecule has 4 rings (SSSR count). The third-order valence-corrected chi connectivity index (χ3v) is 4.46. The first-order chi connectivity index (χ1) is 14.5. The van der Waals surface area contributed by atoms with Crippen LogP contribution in [0.15, 0.2) is 82.3 Å². The third-order valence-electron chi connectivity index (χ3n) is 4.46. The lowest BCUT2D eigenvalue weighted by atomic mass is 10.1. The zero-order valence-corrected chi connectivity index (χ0v) is 15.5. The number of phenols is 1. The number of fused-ring (bicyclic) bond motifs is 1. The zero-order chi connectivity index (χ0) is 21.1. The summed E-state index contributed by atoms with van der Waals surface area (Å²) < 4.78 is 5.58. The lowest BCUT2D eigenvalue weighted by Crippen LogP contribution is -2.17. The van der Waals surface area contributed by atoms with E-state index in [9.17, 15) is 20.0 Å². The number of para-hydroxylation sites is 1. The van der Waals surface area contributed by atoms with E-state index in [0.29, 0.717) is 17.1 Å². The summed E-state index contributed by atoms with van der Waals surface area (Å²) in [7, 11) is 0. The highest BCUT2D eigenvalue weighted by Crippen LogP contribution is 2.30. The van der Waals surface area contributed by atoms with Crippen molar-refractivity contribution in [3.8, 4) is 17.1 Å². The van der Waals surface area contributed by atoms with Gasteiger partial charge in [0.25, 0.3) is 11.6 Å².